The van der Waals surface area contributed by atoms with Gasteiger partial charge in [-0.3, -0.25) is 0 Å². The highest BCUT2D eigenvalue weighted by molar-refractivity contribution is 7.98. The normalized spacial score (nSPS) is 11.7. The molecule has 0 saturated carbocycles. The number of thioether (sulfide) groups is 1. The fraction of sp³-hybridized carbons (Fsp3) is 0.333. The Morgan fingerprint density at radius 2 is 2.00 bits per heavy atom. The second-order valence-corrected chi connectivity index (χ2v) is 9.72. The molecule has 0 atom stereocenters. The third-order valence-corrected chi connectivity index (χ3v) is 6.83. The van der Waals surface area contributed by atoms with Crippen LogP contribution in [0.25, 0.3) is 0 Å². The molecule has 2 heterocycles. The van der Waals surface area contributed by atoms with Gasteiger partial charge >= 0.3 is 0 Å². The monoisotopic (exact) mass is 412 g/mol. The van der Waals surface area contributed by atoms with E-state index in [1.807, 2.05) is 32.0 Å². The van der Waals surface area contributed by atoms with Crippen molar-refractivity contribution in [2.75, 3.05) is 6.26 Å². The van der Waals surface area contributed by atoms with Gasteiger partial charge in [-0.1, -0.05) is 35.2 Å². The molecule has 0 unspecified atom stereocenters. The summed E-state index contributed by atoms with van der Waals surface area (Å²) in [4.78, 5) is 0. The standard InChI is InChI=1S/C15H16N4O4S3/c1-9-4-5-10(2)11(6-9)22-7-12-16-18-14(23-12)24-8-13-17-19-15(25-13)26(3,20)21/h4-6H,7-8H2,1-3H3. The molecule has 0 fully saturated rings. The van der Waals surface area contributed by atoms with Gasteiger partial charge in [0.1, 0.15) is 10.8 Å². The van der Waals surface area contributed by atoms with Gasteiger partial charge in [-0.2, -0.15) is 0 Å². The Hall–Kier alpha value is -1.98. The van der Waals surface area contributed by atoms with Crippen LogP contribution in [-0.2, 0) is 22.2 Å². The SMILES string of the molecule is Cc1ccc(C)c(OCc2nnc(SCc3nnc(S(C)(=O)=O)s3)o2)c1. The van der Waals surface area contributed by atoms with Crippen molar-refractivity contribution in [1.82, 2.24) is 20.4 Å². The van der Waals surface area contributed by atoms with E-state index in [1.165, 1.54) is 11.8 Å². The fourth-order valence-electron chi connectivity index (χ4n) is 1.93. The molecule has 26 heavy (non-hydrogen) atoms. The van der Waals surface area contributed by atoms with Gasteiger partial charge in [-0.25, -0.2) is 8.42 Å². The summed E-state index contributed by atoms with van der Waals surface area (Å²) in [7, 11) is -3.33. The molecule has 2 aromatic heterocycles. The molecule has 0 aliphatic carbocycles. The maximum atomic E-state index is 11.4. The first kappa shape index (κ1) is 18.8. The van der Waals surface area contributed by atoms with Crippen molar-refractivity contribution < 1.29 is 17.6 Å². The van der Waals surface area contributed by atoms with Gasteiger partial charge in [0.15, 0.2) is 6.61 Å². The minimum atomic E-state index is -3.33. The molecule has 0 N–H and O–H groups in total. The molecule has 0 spiro atoms. The van der Waals surface area contributed by atoms with Gasteiger partial charge < -0.3 is 9.15 Å². The number of aromatic nitrogens is 4. The molecule has 0 amide bonds. The Labute approximate surface area is 158 Å². The van der Waals surface area contributed by atoms with Crippen LogP contribution in [0.4, 0.5) is 0 Å². The van der Waals surface area contributed by atoms with Gasteiger partial charge in [0.05, 0.1) is 5.75 Å². The first-order valence-corrected chi connectivity index (χ1v) is 11.2. The van der Waals surface area contributed by atoms with Crippen LogP contribution in [0.3, 0.4) is 0 Å². The average Bonchev–Trinajstić information content (AvgIpc) is 3.22. The van der Waals surface area contributed by atoms with E-state index >= 15 is 0 Å². The predicted molar refractivity (Wildman–Crippen MR) is 97.1 cm³/mol. The van der Waals surface area contributed by atoms with Gasteiger partial charge in [0, 0.05) is 6.26 Å². The van der Waals surface area contributed by atoms with Crippen molar-refractivity contribution in [3.63, 3.8) is 0 Å². The van der Waals surface area contributed by atoms with Crippen LogP contribution in [0.2, 0.25) is 0 Å². The van der Waals surface area contributed by atoms with Crippen molar-refractivity contribution >= 4 is 32.9 Å². The Morgan fingerprint density at radius 1 is 1.19 bits per heavy atom. The topological polar surface area (TPSA) is 108 Å². The maximum absolute atomic E-state index is 11.4. The Morgan fingerprint density at radius 3 is 2.73 bits per heavy atom. The van der Waals surface area contributed by atoms with Crippen molar-refractivity contribution in [2.24, 2.45) is 0 Å². The highest BCUT2D eigenvalue weighted by atomic mass is 32.2. The summed E-state index contributed by atoms with van der Waals surface area (Å²) >= 11 is 2.29. The van der Waals surface area contributed by atoms with E-state index in [9.17, 15) is 8.42 Å². The van der Waals surface area contributed by atoms with E-state index in [2.05, 4.69) is 20.4 Å². The number of rotatable bonds is 7. The third kappa shape index (κ3) is 4.80. The number of aryl methyl sites for hydroxylation is 2. The van der Waals surface area contributed by atoms with E-state index in [4.69, 9.17) is 9.15 Å². The largest absolute Gasteiger partial charge is 0.484 e. The van der Waals surface area contributed by atoms with Crippen LogP contribution in [0.5, 0.6) is 5.75 Å². The third-order valence-electron chi connectivity index (χ3n) is 3.23. The molecule has 138 valence electrons. The zero-order valence-corrected chi connectivity index (χ0v) is 16.7. The molecular weight excluding hydrogens is 396 g/mol. The smallest absolute Gasteiger partial charge is 0.277 e. The highest BCUT2D eigenvalue weighted by Crippen LogP contribution is 2.25. The van der Waals surface area contributed by atoms with E-state index in [1.54, 1.807) is 0 Å². The molecule has 8 nitrogen and oxygen atoms in total. The van der Waals surface area contributed by atoms with Gasteiger partial charge in [0.25, 0.3) is 11.1 Å². The second-order valence-electron chi connectivity index (χ2n) is 5.54. The maximum Gasteiger partial charge on any atom is 0.277 e. The zero-order valence-electron chi connectivity index (χ0n) is 14.3. The summed E-state index contributed by atoms with van der Waals surface area (Å²) in [5.74, 6) is 1.54. The summed E-state index contributed by atoms with van der Waals surface area (Å²) in [5.41, 5.74) is 2.14. The molecule has 3 rings (SSSR count). The molecular formula is C15H16N4O4S3. The number of ether oxygens (including phenoxy) is 1. The van der Waals surface area contributed by atoms with Crippen molar-refractivity contribution in [1.29, 1.82) is 0 Å². The van der Waals surface area contributed by atoms with Crippen LogP contribution >= 0.6 is 23.1 Å². The van der Waals surface area contributed by atoms with E-state index in [-0.39, 0.29) is 10.9 Å². The quantitative estimate of drug-likeness (QED) is 0.541. The van der Waals surface area contributed by atoms with Crippen molar-refractivity contribution in [2.45, 2.75) is 35.8 Å². The van der Waals surface area contributed by atoms with E-state index in [0.29, 0.717) is 21.9 Å². The Balaban J connectivity index is 1.56. The fourth-order valence-corrected chi connectivity index (χ4v) is 4.35. The lowest BCUT2D eigenvalue weighted by molar-refractivity contribution is 0.250. The van der Waals surface area contributed by atoms with Crippen LogP contribution in [-0.4, -0.2) is 35.1 Å². The minimum absolute atomic E-state index is 0.00115. The Bertz CT molecular complexity index is 1010. The molecule has 0 saturated heterocycles. The van der Waals surface area contributed by atoms with Gasteiger partial charge in [0.2, 0.25) is 14.2 Å². The van der Waals surface area contributed by atoms with Crippen LogP contribution in [0, 0.1) is 13.8 Å². The molecule has 0 radical (unpaired) electrons. The second kappa shape index (κ2) is 7.72. The molecule has 0 aliphatic rings. The predicted octanol–water partition coefficient (Wildman–Crippen LogP) is 2.81. The lowest BCUT2D eigenvalue weighted by Crippen LogP contribution is -1.97. The lowest BCUT2D eigenvalue weighted by atomic mass is 10.1. The lowest BCUT2D eigenvalue weighted by Gasteiger charge is -2.07. The first-order valence-electron chi connectivity index (χ1n) is 7.49. The number of hydrogen-bond donors (Lipinski definition) is 0. The molecule has 0 bridgehead atoms. The average molecular weight is 413 g/mol. The van der Waals surface area contributed by atoms with Crippen LogP contribution < -0.4 is 4.74 Å². The van der Waals surface area contributed by atoms with Crippen LogP contribution in [0.1, 0.15) is 22.0 Å². The summed E-state index contributed by atoms with van der Waals surface area (Å²) in [6.07, 6.45) is 1.10. The molecule has 3 aromatic rings. The molecule has 11 heteroatoms. The molecule has 1 aromatic carbocycles. The van der Waals surface area contributed by atoms with E-state index in [0.717, 1.165) is 34.5 Å². The highest BCUT2D eigenvalue weighted by Gasteiger charge is 2.15. The number of nitrogens with zero attached hydrogens (tertiary/aromatic N) is 4. The first-order chi connectivity index (χ1) is 12.3. The van der Waals surface area contributed by atoms with Crippen molar-refractivity contribution in [3.05, 3.63) is 40.2 Å². The number of sulfone groups is 1. The number of hydrogen-bond acceptors (Lipinski definition) is 10. The summed E-state index contributed by atoms with van der Waals surface area (Å²) < 4.78 is 34.1. The summed E-state index contributed by atoms with van der Waals surface area (Å²) in [6.45, 7) is 4.14. The van der Waals surface area contributed by atoms with Gasteiger partial charge in [-0.05, 0) is 31.0 Å². The summed E-state index contributed by atoms with van der Waals surface area (Å²) in [6, 6.07) is 5.97. The summed E-state index contributed by atoms with van der Waals surface area (Å²) in [5, 5.41) is 16.3. The van der Waals surface area contributed by atoms with Crippen molar-refractivity contribution in [3.8, 4) is 5.75 Å². The van der Waals surface area contributed by atoms with E-state index < -0.39 is 9.84 Å². The zero-order chi connectivity index (χ0) is 18.7. The van der Waals surface area contributed by atoms with Gasteiger partial charge in [-0.15, -0.1) is 20.4 Å². The number of benzene rings is 1. The Kier molecular flexibility index (Phi) is 5.58. The van der Waals surface area contributed by atoms with Crippen LogP contribution in [0.15, 0.2) is 32.2 Å². The minimum Gasteiger partial charge on any atom is -0.484 e. The molecule has 0 aliphatic heterocycles.